The van der Waals surface area contributed by atoms with E-state index in [1.165, 1.54) is 12.1 Å². The monoisotopic (exact) mass is 365 g/mol. The third-order valence-electron chi connectivity index (χ3n) is 3.15. The van der Waals surface area contributed by atoms with Crippen LogP contribution < -0.4 is 4.74 Å². The van der Waals surface area contributed by atoms with E-state index < -0.39 is 23.3 Å². The molecule has 0 saturated heterocycles. The lowest BCUT2D eigenvalue weighted by Crippen LogP contribution is -2.03. The fraction of sp³-hybridized carbons (Fsp3) is 0.0625. The van der Waals surface area contributed by atoms with Crippen LogP contribution in [0.4, 0.5) is 13.2 Å². The SMILES string of the molecule is O=C(C=C(O)c1ncn[nH]1)c1ccc(Oc2ccc(C(F)(F)F)cc2)o1. The number of ether oxygens (including phenoxy) is 1. The van der Waals surface area contributed by atoms with E-state index in [4.69, 9.17) is 9.15 Å². The van der Waals surface area contributed by atoms with Crippen LogP contribution in [0.15, 0.2) is 53.2 Å². The molecule has 0 saturated carbocycles. The zero-order valence-corrected chi connectivity index (χ0v) is 12.8. The summed E-state index contributed by atoms with van der Waals surface area (Å²) in [4.78, 5) is 15.7. The minimum atomic E-state index is -4.44. The van der Waals surface area contributed by atoms with Gasteiger partial charge in [0.2, 0.25) is 5.78 Å². The number of carbonyl (C=O) groups excluding carboxylic acids is 1. The van der Waals surface area contributed by atoms with Crippen molar-refractivity contribution in [2.75, 3.05) is 0 Å². The number of aliphatic hydroxyl groups is 1. The molecule has 3 rings (SSSR count). The van der Waals surface area contributed by atoms with E-state index in [2.05, 4.69) is 15.2 Å². The lowest BCUT2D eigenvalue weighted by molar-refractivity contribution is -0.137. The summed E-state index contributed by atoms with van der Waals surface area (Å²) >= 11 is 0. The predicted octanol–water partition coefficient (Wildman–Crippen LogP) is 3.99. The zero-order valence-electron chi connectivity index (χ0n) is 12.8. The second-order valence-corrected chi connectivity index (χ2v) is 4.97. The number of hydrogen-bond donors (Lipinski definition) is 2. The molecule has 10 heteroatoms. The maximum absolute atomic E-state index is 12.5. The Balaban J connectivity index is 1.70. The number of H-pyrrole nitrogens is 1. The molecule has 2 aromatic heterocycles. The number of allylic oxidation sites excluding steroid dienone is 1. The number of aromatic nitrogens is 3. The molecule has 134 valence electrons. The van der Waals surface area contributed by atoms with Gasteiger partial charge < -0.3 is 14.3 Å². The largest absolute Gasteiger partial charge is 0.504 e. The summed E-state index contributed by atoms with van der Waals surface area (Å²) in [6, 6.07) is 6.60. The first-order valence-electron chi connectivity index (χ1n) is 7.08. The van der Waals surface area contributed by atoms with Gasteiger partial charge in [0.15, 0.2) is 17.3 Å². The van der Waals surface area contributed by atoms with E-state index in [9.17, 15) is 23.1 Å². The molecule has 3 aromatic rings. The van der Waals surface area contributed by atoms with Gasteiger partial charge >= 0.3 is 6.18 Å². The Labute approximate surface area is 143 Å². The fourth-order valence-corrected chi connectivity index (χ4v) is 1.93. The number of benzene rings is 1. The minimum Gasteiger partial charge on any atom is -0.504 e. The molecule has 1 aromatic carbocycles. The van der Waals surface area contributed by atoms with Crippen molar-refractivity contribution >= 4 is 11.5 Å². The molecule has 2 heterocycles. The van der Waals surface area contributed by atoms with Gasteiger partial charge in [-0.05, 0) is 30.3 Å². The van der Waals surface area contributed by atoms with E-state index in [-0.39, 0.29) is 23.3 Å². The second-order valence-electron chi connectivity index (χ2n) is 4.97. The number of aromatic amines is 1. The predicted molar refractivity (Wildman–Crippen MR) is 81.5 cm³/mol. The number of carbonyl (C=O) groups is 1. The molecule has 0 aliphatic heterocycles. The van der Waals surface area contributed by atoms with E-state index in [1.54, 1.807) is 0 Å². The van der Waals surface area contributed by atoms with E-state index in [0.29, 0.717) is 0 Å². The van der Waals surface area contributed by atoms with E-state index in [1.807, 2.05) is 0 Å². The molecule has 0 fully saturated rings. The third-order valence-corrected chi connectivity index (χ3v) is 3.15. The van der Waals surface area contributed by atoms with Crippen LogP contribution in [0.25, 0.3) is 5.76 Å². The summed E-state index contributed by atoms with van der Waals surface area (Å²) in [5, 5.41) is 15.6. The summed E-state index contributed by atoms with van der Waals surface area (Å²) in [7, 11) is 0. The van der Waals surface area contributed by atoms with Crippen molar-refractivity contribution in [3.63, 3.8) is 0 Å². The van der Waals surface area contributed by atoms with Gasteiger partial charge in [-0.3, -0.25) is 9.89 Å². The Hall–Kier alpha value is -3.56. The molecule has 0 aliphatic rings. The van der Waals surface area contributed by atoms with Crippen molar-refractivity contribution in [2.45, 2.75) is 6.18 Å². The van der Waals surface area contributed by atoms with Crippen LogP contribution in [0.3, 0.4) is 0 Å². The zero-order chi connectivity index (χ0) is 18.7. The molecule has 0 amide bonds. The van der Waals surface area contributed by atoms with Crippen molar-refractivity contribution in [3.05, 3.63) is 65.9 Å². The van der Waals surface area contributed by atoms with Gasteiger partial charge in [-0.15, -0.1) is 0 Å². The summed E-state index contributed by atoms with van der Waals surface area (Å²) in [5.74, 6) is -1.23. The maximum Gasteiger partial charge on any atom is 0.416 e. The van der Waals surface area contributed by atoms with Gasteiger partial charge in [-0.25, -0.2) is 4.98 Å². The minimum absolute atomic E-state index is 0.00568. The van der Waals surface area contributed by atoms with Crippen LogP contribution in [0.1, 0.15) is 21.9 Å². The fourth-order valence-electron chi connectivity index (χ4n) is 1.93. The maximum atomic E-state index is 12.5. The molecule has 0 unspecified atom stereocenters. The average Bonchev–Trinajstić information content (AvgIpc) is 3.26. The van der Waals surface area contributed by atoms with Crippen molar-refractivity contribution in [1.82, 2.24) is 15.2 Å². The lowest BCUT2D eigenvalue weighted by atomic mass is 10.2. The number of aliphatic hydroxyl groups excluding tert-OH is 1. The van der Waals surface area contributed by atoms with E-state index in [0.717, 1.165) is 36.7 Å². The van der Waals surface area contributed by atoms with Crippen LogP contribution in [0.5, 0.6) is 11.7 Å². The molecule has 0 radical (unpaired) electrons. The van der Waals surface area contributed by atoms with E-state index >= 15 is 0 Å². The normalized spacial score (nSPS) is 12.2. The van der Waals surface area contributed by atoms with Crippen LogP contribution in [-0.4, -0.2) is 26.1 Å². The Morgan fingerprint density at radius 3 is 2.54 bits per heavy atom. The highest BCUT2D eigenvalue weighted by atomic mass is 19.4. The van der Waals surface area contributed by atoms with Crippen LogP contribution in [-0.2, 0) is 6.18 Å². The molecule has 7 nitrogen and oxygen atoms in total. The number of nitrogens with one attached hydrogen (secondary N) is 1. The standard InChI is InChI=1S/C16H10F3N3O4/c17-16(18,19)9-1-3-10(4-2-9)25-14-6-5-13(26-14)11(23)7-12(24)15-20-8-21-22-15/h1-8,24H,(H,20,21,22). The molecule has 0 bridgehead atoms. The number of rotatable bonds is 5. The summed E-state index contributed by atoms with van der Waals surface area (Å²) in [6.45, 7) is 0. The molecule has 0 aliphatic carbocycles. The smallest absolute Gasteiger partial charge is 0.416 e. The van der Waals surface area contributed by atoms with Crippen molar-refractivity contribution in [1.29, 1.82) is 0 Å². The quantitative estimate of drug-likeness (QED) is 0.403. The van der Waals surface area contributed by atoms with Gasteiger partial charge in [0, 0.05) is 12.1 Å². The third kappa shape index (κ3) is 3.91. The second kappa shape index (κ2) is 6.75. The summed E-state index contributed by atoms with van der Waals surface area (Å²) < 4.78 is 48.0. The van der Waals surface area contributed by atoms with Crippen molar-refractivity contribution in [3.8, 4) is 11.7 Å². The first-order chi connectivity index (χ1) is 12.3. The highest BCUT2D eigenvalue weighted by Crippen LogP contribution is 2.31. The average molecular weight is 365 g/mol. The highest BCUT2D eigenvalue weighted by molar-refractivity contribution is 6.05. The topological polar surface area (TPSA) is 101 Å². The Morgan fingerprint density at radius 2 is 1.92 bits per heavy atom. The molecular formula is C16H10F3N3O4. The number of hydrogen-bond acceptors (Lipinski definition) is 6. The number of ketones is 1. The van der Waals surface area contributed by atoms with Gasteiger partial charge in [-0.1, -0.05) is 0 Å². The number of nitrogens with zero attached hydrogens (tertiary/aromatic N) is 2. The first-order valence-corrected chi connectivity index (χ1v) is 7.08. The number of halogens is 3. The van der Waals surface area contributed by atoms with Gasteiger partial charge in [0.1, 0.15) is 12.1 Å². The summed E-state index contributed by atoms with van der Waals surface area (Å²) in [5.41, 5.74) is -0.812. The van der Waals surface area contributed by atoms with Gasteiger partial charge in [0.05, 0.1) is 5.56 Å². The van der Waals surface area contributed by atoms with Crippen LogP contribution in [0.2, 0.25) is 0 Å². The number of furan rings is 1. The Bertz CT molecular complexity index is 929. The number of alkyl halides is 3. The molecule has 0 atom stereocenters. The molecule has 26 heavy (non-hydrogen) atoms. The van der Waals surface area contributed by atoms with Crippen LogP contribution in [0, 0.1) is 0 Å². The molecular weight excluding hydrogens is 355 g/mol. The summed E-state index contributed by atoms with van der Waals surface area (Å²) in [6.07, 6.45) is -2.41. The Morgan fingerprint density at radius 1 is 1.19 bits per heavy atom. The molecule has 2 N–H and O–H groups in total. The highest BCUT2D eigenvalue weighted by Gasteiger charge is 2.30. The lowest BCUT2D eigenvalue weighted by Gasteiger charge is -2.07. The van der Waals surface area contributed by atoms with Crippen molar-refractivity contribution in [2.24, 2.45) is 0 Å². The van der Waals surface area contributed by atoms with Crippen LogP contribution >= 0.6 is 0 Å². The first kappa shape index (κ1) is 17.3. The van der Waals surface area contributed by atoms with Crippen molar-refractivity contribution < 1.29 is 32.2 Å². The van der Waals surface area contributed by atoms with Gasteiger partial charge in [-0.2, -0.15) is 18.3 Å². The van der Waals surface area contributed by atoms with Gasteiger partial charge in [0.25, 0.3) is 5.95 Å². The molecule has 0 spiro atoms. The Kier molecular flexibility index (Phi) is 4.48.